The van der Waals surface area contributed by atoms with Gasteiger partial charge in [0.2, 0.25) is 0 Å². The minimum absolute atomic E-state index is 0. The summed E-state index contributed by atoms with van der Waals surface area (Å²) in [7, 11) is 0. The number of pyridine rings is 1. The van der Waals surface area contributed by atoms with Crippen LogP contribution in [0.1, 0.15) is 49.5 Å². The highest BCUT2D eigenvalue weighted by molar-refractivity contribution is 5.92. The largest absolute Gasteiger partial charge is 0.384 e. The molecule has 0 saturated heterocycles. The Balaban J connectivity index is 0.00000200. The predicted octanol–water partition coefficient (Wildman–Crippen LogP) is 3.03. The third kappa shape index (κ3) is 4.67. The van der Waals surface area contributed by atoms with Gasteiger partial charge in [-0.25, -0.2) is 4.98 Å². The first kappa shape index (κ1) is 16.8. The topological polar surface area (TPSA) is 68.0 Å². The molecule has 5 heteroatoms. The van der Waals surface area contributed by atoms with Crippen molar-refractivity contribution in [2.45, 2.75) is 39.0 Å². The van der Waals surface area contributed by atoms with Crippen molar-refractivity contribution in [3.05, 3.63) is 23.9 Å². The van der Waals surface area contributed by atoms with Gasteiger partial charge < -0.3 is 11.1 Å². The van der Waals surface area contributed by atoms with Crippen LogP contribution in [0.25, 0.3) is 0 Å². The molecule has 3 N–H and O–H groups in total. The first-order chi connectivity index (χ1) is 9.19. The highest BCUT2D eigenvalue weighted by Crippen LogP contribution is 2.30. The van der Waals surface area contributed by atoms with Crippen LogP contribution >= 0.6 is 12.4 Å². The monoisotopic (exact) mass is 297 g/mol. The number of hydrogen-bond donors (Lipinski definition) is 2. The average Bonchev–Trinajstić information content (AvgIpc) is 2.45. The zero-order valence-electron chi connectivity index (χ0n) is 12.0. The van der Waals surface area contributed by atoms with E-state index in [2.05, 4.69) is 17.2 Å². The molecule has 0 radical (unpaired) electrons. The molecule has 2 rings (SSSR count). The van der Waals surface area contributed by atoms with Gasteiger partial charge in [-0.15, -0.1) is 12.4 Å². The summed E-state index contributed by atoms with van der Waals surface area (Å²) in [5, 5.41) is 2.97. The Labute approximate surface area is 126 Å². The number of nitrogen functional groups attached to an aromatic ring is 1. The molecule has 0 spiro atoms. The van der Waals surface area contributed by atoms with Crippen LogP contribution in [0.5, 0.6) is 0 Å². The Morgan fingerprint density at radius 2 is 1.95 bits per heavy atom. The standard InChI is InChI=1S/C15H23N3O.ClH/c1-2-11-6-8-12(9-7-11)10-17-15(19)13-4-3-5-14(16)18-13;/h3-5,11-12H,2,6-10H2,1H3,(H2,16,18)(H,17,19);1H. The number of rotatable bonds is 4. The van der Waals surface area contributed by atoms with Crippen LogP contribution < -0.4 is 11.1 Å². The van der Waals surface area contributed by atoms with Crippen molar-refractivity contribution in [3.63, 3.8) is 0 Å². The van der Waals surface area contributed by atoms with Gasteiger partial charge in [0, 0.05) is 6.54 Å². The molecule has 1 aromatic heterocycles. The predicted molar refractivity (Wildman–Crippen MR) is 84.0 cm³/mol. The van der Waals surface area contributed by atoms with E-state index in [1.54, 1.807) is 18.2 Å². The number of aromatic nitrogens is 1. The minimum atomic E-state index is -0.120. The number of carbonyl (C=O) groups excluding carboxylic acids is 1. The van der Waals surface area contributed by atoms with Gasteiger partial charge in [0.25, 0.3) is 5.91 Å². The van der Waals surface area contributed by atoms with E-state index in [1.165, 1.54) is 32.1 Å². The Morgan fingerprint density at radius 1 is 1.30 bits per heavy atom. The van der Waals surface area contributed by atoms with E-state index in [9.17, 15) is 4.79 Å². The van der Waals surface area contributed by atoms with E-state index in [-0.39, 0.29) is 18.3 Å². The van der Waals surface area contributed by atoms with Gasteiger partial charge in [0.05, 0.1) is 0 Å². The Morgan fingerprint density at radius 3 is 2.55 bits per heavy atom. The number of hydrogen-bond acceptors (Lipinski definition) is 3. The summed E-state index contributed by atoms with van der Waals surface area (Å²) in [4.78, 5) is 16.0. The third-order valence-electron chi connectivity index (χ3n) is 4.10. The van der Waals surface area contributed by atoms with Gasteiger partial charge in [-0.2, -0.15) is 0 Å². The Bertz CT molecular complexity index is 431. The number of halogens is 1. The number of nitrogens with one attached hydrogen (secondary N) is 1. The number of amides is 1. The molecule has 1 saturated carbocycles. The lowest BCUT2D eigenvalue weighted by Crippen LogP contribution is -2.31. The normalized spacial score (nSPS) is 21.9. The summed E-state index contributed by atoms with van der Waals surface area (Å²) in [6, 6.07) is 5.13. The lowest BCUT2D eigenvalue weighted by atomic mass is 9.81. The molecule has 0 aromatic carbocycles. The highest BCUT2D eigenvalue weighted by Gasteiger charge is 2.20. The summed E-state index contributed by atoms with van der Waals surface area (Å²) >= 11 is 0. The SMILES string of the molecule is CCC1CCC(CNC(=O)c2cccc(N)n2)CC1.Cl. The Hall–Kier alpha value is -1.29. The van der Waals surface area contributed by atoms with Crippen LogP contribution in [-0.2, 0) is 0 Å². The molecular formula is C15H24ClN3O. The zero-order chi connectivity index (χ0) is 13.7. The van der Waals surface area contributed by atoms with Crippen LogP contribution in [-0.4, -0.2) is 17.4 Å². The van der Waals surface area contributed by atoms with E-state index in [1.807, 2.05) is 0 Å². The summed E-state index contributed by atoms with van der Waals surface area (Å²) in [5.74, 6) is 1.77. The third-order valence-corrected chi connectivity index (χ3v) is 4.10. The van der Waals surface area contributed by atoms with Gasteiger partial charge in [-0.05, 0) is 36.8 Å². The Kier molecular flexibility index (Phi) is 6.79. The van der Waals surface area contributed by atoms with Crippen LogP contribution in [0.15, 0.2) is 18.2 Å². The van der Waals surface area contributed by atoms with E-state index < -0.39 is 0 Å². The van der Waals surface area contributed by atoms with Crippen LogP contribution in [0.2, 0.25) is 0 Å². The lowest BCUT2D eigenvalue weighted by Gasteiger charge is -2.27. The maximum atomic E-state index is 11.9. The molecule has 4 nitrogen and oxygen atoms in total. The fraction of sp³-hybridized carbons (Fsp3) is 0.600. The number of nitrogens with two attached hydrogens (primary N) is 1. The van der Waals surface area contributed by atoms with Crippen molar-refractivity contribution >= 4 is 24.1 Å². The van der Waals surface area contributed by atoms with Gasteiger partial charge in [0.15, 0.2) is 0 Å². The summed E-state index contributed by atoms with van der Waals surface area (Å²) in [6.45, 7) is 3.02. The second-order valence-corrected chi connectivity index (χ2v) is 5.45. The van der Waals surface area contributed by atoms with Crippen molar-refractivity contribution in [2.75, 3.05) is 12.3 Å². The van der Waals surface area contributed by atoms with E-state index >= 15 is 0 Å². The molecule has 1 aliphatic carbocycles. The summed E-state index contributed by atoms with van der Waals surface area (Å²) in [6.07, 6.45) is 6.33. The van der Waals surface area contributed by atoms with Crippen LogP contribution in [0.4, 0.5) is 5.82 Å². The summed E-state index contributed by atoms with van der Waals surface area (Å²) in [5.41, 5.74) is 5.98. The fourth-order valence-electron chi connectivity index (χ4n) is 2.75. The second-order valence-electron chi connectivity index (χ2n) is 5.45. The van der Waals surface area contributed by atoms with Crippen molar-refractivity contribution in [1.82, 2.24) is 10.3 Å². The van der Waals surface area contributed by atoms with Crippen molar-refractivity contribution in [2.24, 2.45) is 11.8 Å². The molecule has 0 bridgehead atoms. The molecule has 1 heterocycles. The lowest BCUT2D eigenvalue weighted by molar-refractivity contribution is 0.0936. The summed E-state index contributed by atoms with van der Waals surface area (Å²) < 4.78 is 0. The molecule has 0 unspecified atom stereocenters. The molecule has 1 fully saturated rings. The number of anilines is 1. The quantitative estimate of drug-likeness (QED) is 0.897. The minimum Gasteiger partial charge on any atom is -0.384 e. The molecule has 20 heavy (non-hydrogen) atoms. The first-order valence-corrected chi connectivity index (χ1v) is 7.19. The van der Waals surface area contributed by atoms with Crippen molar-refractivity contribution < 1.29 is 4.79 Å². The maximum absolute atomic E-state index is 11.9. The highest BCUT2D eigenvalue weighted by atomic mass is 35.5. The molecule has 0 aliphatic heterocycles. The van der Waals surface area contributed by atoms with E-state index in [0.717, 1.165) is 12.5 Å². The molecule has 1 amide bonds. The van der Waals surface area contributed by atoms with E-state index in [4.69, 9.17) is 5.73 Å². The molecule has 112 valence electrons. The molecule has 0 atom stereocenters. The zero-order valence-corrected chi connectivity index (χ0v) is 12.8. The number of carbonyl (C=O) groups is 1. The number of nitrogens with zero attached hydrogens (tertiary/aromatic N) is 1. The fourth-order valence-corrected chi connectivity index (χ4v) is 2.75. The van der Waals surface area contributed by atoms with Gasteiger partial charge in [0.1, 0.15) is 11.5 Å². The van der Waals surface area contributed by atoms with Gasteiger partial charge in [-0.3, -0.25) is 4.79 Å². The second kappa shape index (κ2) is 8.10. The first-order valence-electron chi connectivity index (χ1n) is 7.19. The molecular weight excluding hydrogens is 274 g/mol. The van der Waals surface area contributed by atoms with Gasteiger partial charge in [-0.1, -0.05) is 32.3 Å². The van der Waals surface area contributed by atoms with E-state index in [0.29, 0.717) is 17.4 Å². The maximum Gasteiger partial charge on any atom is 0.269 e. The van der Waals surface area contributed by atoms with Gasteiger partial charge >= 0.3 is 0 Å². The molecule has 1 aliphatic rings. The smallest absolute Gasteiger partial charge is 0.269 e. The van der Waals surface area contributed by atoms with Crippen molar-refractivity contribution in [1.29, 1.82) is 0 Å². The average molecular weight is 298 g/mol. The molecule has 1 aromatic rings. The van der Waals surface area contributed by atoms with Crippen molar-refractivity contribution in [3.8, 4) is 0 Å². The van der Waals surface area contributed by atoms with Crippen LogP contribution in [0, 0.1) is 11.8 Å². The van der Waals surface area contributed by atoms with Crippen LogP contribution in [0.3, 0.4) is 0 Å².